The van der Waals surface area contributed by atoms with Gasteiger partial charge in [-0.05, 0) is 36.2 Å². The summed E-state index contributed by atoms with van der Waals surface area (Å²) in [6.45, 7) is 0.461. The van der Waals surface area contributed by atoms with Gasteiger partial charge >= 0.3 is 0 Å². The van der Waals surface area contributed by atoms with Crippen LogP contribution in [0.25, 0.3) is 0 Å². The largest absolute Gasteiger partial charge is 0.493 e. The highest BCUT2D eigenvalue weighted by molar-refractivity contribution is 7.14. The van der Waals surface area contributed by atoms with Crippen LogP contribution < -0.4 is 14.8 Å². The highest BCUT2D eigenvalue weighted by Crippen LogP contribution is 2.27. The number of carbonyl (C=O) groups excluding carboxylic acids is 2. The molecule has 0 saturated heterocycles. The number of amides is 2. The van der Waals surface area contributed by atoms with Crippen molar-refractivity contribution in [1.82, 2.24) is 9.88 Å². The van der Waals surface area contributed by atoms with Crippen molar-refractivity contribution in [1.29, 1.82) is 0 Å². The monoisotopic (exact) mass is 443 g/mol. The third-order valence-electron chi connectivity index (χ3n) is 4.59. The van der Waals surface area contributed by atoms with E-state index in [1.54, 1.807) is 37.6 Å². The molecule has 2 aromatic carbocycles. The number of thiazole rings is 1. The number of methoxy groups -OCH3 is 2. The van der Waals surface area contributed by atoms with E-state index in [1.165, 1.54) is 18.2 Å². The van der Waals surface area contributed by atoms with Gasteiger partial charge < -0.3 is 14.4 Å². The maximum Gasteiger partial charge on any atom is 0.273 e. The van der Waals surface area contributed by atoms with Crippen LogP contribution in [0.2, 0.25) is 0 Å². The summed E-state index contributed by atoms with van der Waals surface area (Å²) in [6.07, 6.45) is 0.615. The van der Waals surface area contributed by atoms with Gasteiger partial charge in [-0.15, -0.1) is 11.3 Å². The standard InChI is InChI=1S/C22H22FN3O4S/c1-26(11-10-14-8-9-18(29-2)19(12-14)30-3)21(28)17-13-31-22(24-17)25-20(27)15-6-4-5-7-16(15)23/h4-9,12-13H,10-11H2,1-3H3,(H,24,25,27). The first kappa shape index (κ1) is 22.2. The van der Waals surface area contributed by atoms with Crippen molar-refractivity contribution in [2.45, 2.75) is 6.42 Å². The Balaban J connectivity index is 1.60. The van der Waals surface area contributed by atoms with Gasteiger partial charge in [0.15, 0.2) is 16.6 Å². The molecule has 3 aromatic rings. The Bertz CT molecular complexity index is 1090. The van der Waals surface area contributed by atoms with E-state index in [1.807, 2.05) is 18.2 Å². The molecular weight excluding hydrogens is 421 g/mol. The van der Waals surface area contributed by atoms with Crippen LogP contribution in [0.1, 0.15) is 26.4 Å². The van der Waals surface area contributed by atoms with E-state index < -0.39 is 11.7 Å². The molecule has 0 spiro atoms. The van der Waals surface area contributed by atoms with Crippen LogP contribution >= 0.6 is 11.3 Å². The Morgan fingerprint density at radius 1 is 1.13 bits per heavy atom. The van der Waals surface area contributed by atoms with Crippen LogP contribution in [-0.2, 0) is 6.42 Å². The first-order valence-electron chi connectivity index (χ1n) is 9.40. The minimum Gasteiger partial charge on any atom is -0.493 e. The molecule has 2 amide bonds. The lowest BCUT2D eigenvalue weighted by molar-refractivity contribution is 0.0791. The summed E-state index contributed by atoms with van der Waals surface area (Å²) < 4.78 is 24.3. The van der Waals surface area contributed by atoms with Gasteiger partial charge in [-0.2, -0.15) is 0 Å². The number of nitrogens with zero attached hydrogens (tertiary/aromatic N) is 2. The zero-order valence-electron chi connectivity index (χ0n) is 17.3. The lowest BCUT2D eigenvalue weighted by Gasteiger charge is -2.16. The predicted molar refractivity (Wildman–Crippen MR) is 117 cm³/mol. The summed E-state index contributed by atoms with van der Waals surface area (Å²) in [5.74, 6) is -0.244. The Labute approximate surface area is 183 Å². The molecular formula is C22H22FN3O4S. The molecule has 0 bridgehead atoms. The number of nitrogens with one attached hydrogen (secondary N) is 1. The molecule has 7 nitrogen and oxygen atoms in total. The zero-order chi connectivity index (χ0) is 22.4. The Hall–Kier alpha value is -3.46. The quantitative estimate of drug-likeness (QED) is 0.572. The summed E-state index contributed by atoms with van der Waals surface area (Å²) in [4.78, 5) is 30.6. The number of hydrogen-bond donors (Lipinski definition) is 1. The molecule has 1 N–H and O–H groups in total. The van der Waals surface area contributed by atoms with Crippen LogP contribution in [0.3, 0.4) is 0 Å². The third-order valence-corrected chi connectivity index (χ3v) is 5.35. The second kappa shape index (κ2) is 10.0. The lowest BCUT2D eigenvalue weighted by Crippen LogP contribution is -2.29. The number of hydrogen-bond acceptors (Lipinski definition) is 6. The first-order valence-corrected chi connectivity index (χ1v) is 10.3. The highest BCUT2D eigenvalue weighted by atomic mass is 32.1. The Morgan fingerprint density at radius 2 is 1.87 bits per heavy atom. The fraction of sp³-hybridized carbons (Fsp3) is 0.227. The molecule has 31 heavy (non-hydrogen) atoms. The number of carbonyl (C=O) groups is 2. The molecule has 0 saturated carbocycles. The number of likely N-dealkylation sites (N-methyl/N-ethyl adjacent to an activating group) is 1. The van der Waals surface area contributed by atoms with E-state index in [0.717, 1.165) is 16.9 Å². The van der Waals surface area contributed by atoms with Crippen LogP contribution in [-0.4, -0.2) is 49.5 Å². The summed E-state index contributed by atoms with van der Waals surface area (Å²) in [5.41, 5.74) is 1.12. The van der Waals surface area contributed by atoms with E-state index in [-0.39, 0.29) is 22.3 Å². The number of ether oxygens (including phenoxy) is 2. The van der Waals surface area contributed by atoms with Crippen molar-refractivity contribution in [3.63, 3.8) is 0 Å². The van der Waals surface area contributed by atoms with Crippen molar-refractivity contribution >= 4 is 28.3 Å². The Morgan fingerprint density at radius 3 is 2.58 bits per heavy atom. The summed E-state index contributed by atoms with van der Waals surface area (Å²) in [7, 11) is 4.83. The molecule has 3 rings (SSSR count). The van der Waals surface area contributed by atoms with Gasteiger partial charge in [0.25, 0.3) is 11.8 Å². The maximum atomic E-state index is 13.7. The lowest BCUT2D eigenvalue weighted by atomic mass is 10.1. The van der Waals surface area contributed by atoms with Crippen molar-refractivity contribution in [2.75, 3.05) is 33.1 Å². The van der Waals surface area contributed by atoms with Crippen molar-refractivity contribution in [2.24, 2.45) is 0 Å². The normalized spacial score (nSPS) is 10.5. The number of halogens is 1. The van der Waals surface area contributed by atoms with Crippen LogP contribution in [0.5, 0.6) is 11.5 Å². The summed E-state index contributed by atoms with van der Waals surface area (Å²) >= 11 is 1.10. The van der Waals surface area contributed by atoms with Gasteiger partial charge in [-0.3, -0.25) is 14.9 Å². The van der Waals surface area contributed by atoms with E-state index in [2.05, 4.69) is 10.3 Å². The smallest absolute Gasteiger partial charge is 0.273 e. The van der Waals surface area contributed by atoms with Gasteiger partial charge in [-0.1, -0.05) is 18.2 Å². The Kier molecular flexibility index (Phi) is 7.19. The predicted octanol–water partition coefficient (Wildman–Crippen LogP) is 3.87. The van der Waals surface area contributed by atoms with E-state index in [4.69, 9.17) is 9.47 Å². The zero-order valence-corrected chi connectivity index (χ0v) is 18.2. The van der Waals surface area contributed by atoms with E-state index in [9.17, 15) is 14.0 Å². The van der Waals surface area contributed by atoms with Crippen LogP contribution in [0, 0.1) is 5.82 Å². The van der Waals surface area contributed by atoms with Gasteiger partial charge in [0.2, 0.25) is 0 Å². The molecule has 0 aliphatic heterocycles. The van der Waals surface area contributed by atoms with Crippen LogP contribution in [0.15, 0.2) is 47.8 Å². The molecule has 0 atom stereocenters. The summed E-state index contributed by atoms with van der Waals surface area (Å²) in [5, 5.41) is 4.32. The molecule has 9 heteroatoms. The summed E-state index contributed by atoms with van der Waals surface area (Å²) in [6, 6.07) is 11.3. The van der Waals surface area contributed by atoms with Gasteiger partial charge in [0.05, 0.1) is 19.8 Å². The minimum atomic E-state index is -0.622. The number of rotatable bonds is 8. The fourth-order valence-electron chi connectivity index (χ4n) is 2.87. The second-order valence-corrected chi connectivity index (χ2v) is 7.50. The molecule has 1 aromatic heterocycles. The molecule has 0 fully saturated rings. The number of anilines is 1. The average molecular weight is 444 g/mol. The molecule has 0 radical (unpaired) electrons. The maximum absolute atomic E-state index is 13.7. The van der Waals surface area contributed by atoms with Crippen molar-refractivity contribution < 1.29 is 23.5 Å². The van der Waals surface area contributed by atoms with Gasteiger partial charge in [0.1, 0.15) is 11.5 Å². The second-order valence-electron chi connectivity index (χ2n) is 6.64. The SMILES string of the molecule is COc1ccc(CCN(C)C(=O)c2csc(NC(=O)c3ccccc3F)n2)cc1OC. The third kappa shape index (κ3) is 5.37. The highest BCUT2D eigenvalue weighted by Gasteiger charge is 2.18. The van der Waals surface area contributed by atoms with Gasteiger partial charge in [0, 0.05) is 19.0 Å². The van der Waals surface area contributed by atoms with Crippen LogP contribution in [0.4, 0.5) is 9.52 Å². The van der Waals surface area contributed by atoms with E-state index in [0.29, 0.717) is 24.5 Å². The molecule has 1 heterocycles. The first-order chi connectivity index (χ1) is 14.9. The molecule has 0 unspecified atom stereocenters. The number of aromatic nitrogens is 1. The fourth-order valence-corrected chi connectivity index (χ4v) is 3.55. The molecule has 0 aliphatic rings. The number of benzene rings is 2. The van der Waals surface area contributed by atoms with Gasteiger partial charge in [-0.25, -0.2) is 9.37 Å². The minimum absolute atomic E-state index is 0.0855. The van der Waals surface area contributed by atoms with Crippen molar-refractivity contribution in [3.8, 4) is 11.5 Å². The van der Waals surface area contributed by atoms with Crippen molar-refractivity contribution in [3.05, 3.63) is 70.5 Å². The molecule has 0 aliphatic carbocycles. The molecule has 162 valence electrons. The average Bonchev–Trinajstić information content (AvgIpc) is 3.25. The van der Waals surface area contributed by atoms with E-state index >= 15 is 0 Å². The topological polar surface area (TPSA) is 80.8 Å².